The summed E-state index contributed by atoms with van der Waals surface area (Å²) in [6.45, 7) is 3.64. The lowest BCUT2D eigenvalue weighted by Crippen LogP contribution is -2.41. The second-order valence-electron chi connectivity index (χ2n) is 6.42. The molecular formula is C18H25N5O. The number of hydrogen-bond acceptors (Lipinski definition) is 4. The SMILES string of the molecule is CCc1nccn1[C@H]1CCCN(C(=O)c2cccnc2N(C)C)C1. The molecule has 0 aliphatic carbocycles. The van der Waals surface area contributed by atoms with E-state index in [4.69, 9.17) is 0 Å². The predicted molar refractivity (Wildman–Crippen MR) is 94.3 cm³/mol. The Kier molecular flexibility index (Phi) is 4.83. The van der Waals surface area contributed by atoms with E-state index in [9.17, 15) is 4.79 Å². The van der Waals surface area contributed by atoms with Crippen molar-refractivity contribution in [3.05, 3.63) is 42.1 Å². The van der Waals surface area contributed by atoms with Crippen molar-refractivity contribution < 1.29 is 4.79 Å². The molecule has 0 N–H and O–H groups in total. The molecule has 2 aromatic rings. The van der Waals surface area contributed by atoms with Gasteiger partial charge >= 0.3 is 0 Å². The predicted octanol–water partition coefficient (Wildman–Crippen LogP) is 2.38. The summed E-state index contributed by atoms with van der Waals surface area (Å²) in [5, 5.41) is 0. The lowest BCUT2D eigenvalue weighted by molar-refractivity contribution is 0.0678. The highest BCUT2D eigenvalue weighted by Crippen LogP contribution is 2.26. The Morgan fingerprint density at radius 3 is 2.92 bits per heavy atom. The summed E-state index contributed by atoms with van der Waals surface area (Å²) in [6, 6.07) is 4.00. The lowest BCUT2D eigenvalue weighted by Gasteiger charge is -2.34. The van der Waals surface area contributed by atoms with E-state index in [0.29, 0.717) is 11.6 Å². The van der Waals surface area contributed by atoms with Crippen LogP contribution in [0.4, 0.5) is 5.82 Å². The van der Waals surface area contributed by atoms with Crippen LogP contribution < -0.4 is 4.90 Å². The van der Waals surface area contributed by atoms with Crippen molar-refractivity contribution in [2.45, 2.75) is 32.2 Å². The van der Waals surface area contributed by atoms with Gasteiger partial charge in [-0.2, -0.15) is 0 Å². The Bertz CT molecular complexity index is 709. The van der Waals surface area contributed by atoms with Gasteiger partial charge in [-0.15, -0.1) is 0 Å². The first-order chi connectivity index (χ1) is 11.6. The van der Waals surface area contributed by atoms with E-state index in [-0.39, 0.29) is 5.91 Å². The Labute approximate surface area is 143 Å². The van der Waals surface area contributed by atoms with E-state index in [1.165, 1.54) is 0 Å². The van der Waals surface area contributed by atoms with Gasteiger partial charge in [-0.05, 0) is 25.0 Å². The van der Waals surface area contributed by atoms with Gasteiger partial charge in [-0.1, -0.05) is 6.92 Å². The number of pyridine rings is 1. The normalized spacial score (nSPS) is 17.8. The molecule has 1 atom stereocenters. The van der Waals surface area contributed by atoms with Crippen LogP contribution in [0.3, 0.4) is 0 Å². The summed E-state index contributed by atoms with van der Waals surface area (Å²) in [5.74, 6) is 1.88. The summed E-state index contributed by atoms with van der Waals surface area (Å²) in [7, 11) is 3.83. The number of aryl methyl sites for hydroxylation is 1. The molecule has 1 amide bonds. The van der Waals surface area contributed by atoms with E-state index in [0.717, 1.165) is 44.0 Å². The zero-order chi connectivity index (χ0) is 17.1. The highest BCUT2D eigenvalue weighted by molar-refractivity contribution is 5.98. The average molecular weight is 327 g/mol. The molecule has 1 saturated heterocycles. The molecule has 3 rings (SSSR count). The number of imidazole rings is 1. The zero-order valence-corrected chi connectivity index (χ0v) is 14.6. The number of amides is 1. The maximum absolute atomic E-state index is 13.0. The van der Waals surface area contributed by atoms with Gasteiger partial charge in [-0.3, -0.25) is 4.79 Å². The summed E-state index contributed by atoms with van der Waals surface area (Å²) in [6.07, 6.45) is 8.61. The van der Waals surface area contributed by atoms with Crippen molar-refractivity contribution in [2.24, 2.45) is 0 Å². The van der Waals surface area contributed by atoms with Crippen LogP contribution in [0, 0.1) is 0 Å². The molecular weight excluding hydrogens is 302 g/mol. The van der Waals surface area contributed by atoms with Gasteiger partial charge in [0.15, 0.2) is 0 Å². The molecule has 0 unspecified atom stereocenters. The number of aromatic nitrogens is 3. The van der Waals surface area contributed by atoms with Crippen molar-refractivity contribution in [3.8, 4) is 0 Å². The molecule has 0 spiro atoms. The first-order valence-corrected chi connectivity index (χ1v) is 8.55. The Hall–Kier alpha value is -2.37. The van der Waals surface area contributed by atoms with Crippen LogP contribution in [0.1, 0.15) is 42.0 Å². The molecule has 1 aliphatic rings. The molecule has 0 radical (unpaired) electrons. The fraction of sp³-hybridized carbons (Fsp3) is 0.500. The van der Waals surface area contributed by atoms with Gasteiger partial charge in [0.25, 0.3) is 5.91 Å². The fourth-order valence-electron chi connectivity index (χ4n) is 3.41. The smallest absolute Gasteiger partial charge is 0.257 e. The van der Waals surface area contributed by atoms with Crippen LogP contribution in [0.2, 0.25) is 0 Å². The van der Waals surface area contributed by atoms with Gasteiger partial charge in [0.05, 0.1) is 11.6 Å². The number of likely N-dealkylation sites (tertiary alicyclic amines) is 1. The van der Waals surface area contributed by atoms with Crippen LogP contribution in [-0.2, 0) is 6.42 Å². The Morgan fingerprint density at radius 1 is 1.33 bits per heavy atom. The molecule has 3 heterocycles. The topological polar surface area (TPSA) is 54.3 Å². The third-order valence-electron chi connectivity index (χ3n) is 4.58. The molecule has 24 heavy (non-hydrogen) atoms. The van der Waals surface area contributed by atoms with E-state index in [1.54, 1.807) is 6.20 Å². The number of piperidine rings is 1. The minimum Gasteiger partial charge on any atom is -0.362 e. The molecule has 2 aromatic heterocycles. The van der Waals surface area contributed by atoms with Crippen LogP contribution >= 0.6 is 0 Å². The van der Waals surface area contributed by atoms with E-state index >= 15 is 0 Å². The molecule has 0 aromatic carbocycles. The summed E-state index contributed by atoms with van der Waals surface area (Å²) in [4.78, 5) is 25.6. The van der Waals surface area contributed by atoms with E-state index in [1.807, 2.05) is 48.4 Å². The lowest BCUT2D eigenvalue weighted by atomic mass is 10.0. The first-order valence-electron chi connectivity index (χ1n) is 8.55. The number of carbonyl (C=O) groups is 1. The van der Waals surface area contributed by atoms with Crippen molar-refractivity contribution >= 4 is 11.7 Å². The molecule has 128 valence electrons. The van der Waals surface area contributed by atoms with Crippen LogP contribution in [0.15, 0.2) is 30.7 Å². The fourth-order valence-corrected chi connectivity index (χ4v) is 3.41. The molecule has 1 fully saturated rings. The summed E-state index contributed by atoms with van der Waals surface area (Å²) < 4.78 is 2.23. The number of anilines is 1. The van der Waals surface area contributed by atoms with E-state index in [2.05, 4.69) is 21.5 Å². The molecule has 0 bridgehead atoms. The third kappa shape index (κ3) is 3.13. The van der Waals surface area contributed by atoms with Gasteiger partial charge in [0.1, 0.15) is 11.6 Å². The van der Waals surface area contributed by atoms with Crippen LogP contribution in [0.25, 0.3) is 0 Å². The standard InChI is InChI=1S/C18H25N5O/c1-4-16-19-10-12-23(16)14-7-6-11-22(13-14)18(24)15-8-5-9-20-17(15)21(2)3/h5,8-10,12,14H,4,6-7,11,13H2,1-3H3/t14-/m0/s1. The van der Waals surface area contributed by atoms with Crippen molar-refractivity contribution in [1.29, 1.82) is 0 Å². The number of carbonyl (C=O) groups excluding carboxylic acids is 1. The highest BCUT2D eigenvalue weighted by atomic mass is 16.2. The highest BCUT2D eigenvalue weighted by Gasteiger charge is 2.28. The van der Waals surface area contributed by atoms with Crippen LogP contribution in [-0.4, -0.2) is 52.5 Å². The minimum atomic E-state index is 0.0645. The Morgan fingerprint density at radius 2 is 2.17 bits per heavy atom. The third-order valence-corrected chi connectivity index (χ3v) is 4.58. The largest absolute Gasteiger partial charge is 0.362 e. The van der Waals surface area contributed by atoms with E-state index < -0.39 is 0 Å². The monoisotopic (exact) mass is 327 g/mol. The maximum Gasteiger partial charge on any atom is 0.257 e. The quantitative estimate of drug-likeness (QED) is 0.865. The minimum absolute atomic E-state index is 0.0645. The number of nitrogens with zero attached hydrogens (tertiary/aromatic N) is 5. The second-order valence-corrected chi connectivity index (χ2v) is 6.42. The van der Waals surface area contributed by atoms with Gasteiger partial charge in [-0.25, -0.2) is 9.97 Å². The first kappa shape index (κ1) is 16.5. The summed E-state index contributed by atoms with van der Waals surface area (Å²) in [5.41, 5.74) is 0.671. The maximum atomic E-state index is 13.0. The van der Waals surface area contributed by atoms with Gasteiger partial charge in [0, 0.05) is 52.2 Å². The van der Waals surface area contributed by atoms with Gasteiger partial charge < -0.3 is 14.4 Å². The molecule has 6 heteroatoms. The Balaban J connectivity index is 1.81. The molecule has 0 saturated carbocycles. The van der Waals surface area contributed by atoms with Crippen molar-refractivity contribution in [3.63, 3.8) is 0 Å². The van der Waals surface area contributed by atoms with Crippen LogP contribution in [0.5, 0.6) is 0 Å². The zero-order valence-electron chi connectivity index (χ0n) is 14.6. The summed E-state index contributed by atoms with van der Waals surface area (Å²) >= 11 is 0. The van der Waals surface area contributed by atoms with Crippen molar-refractivity contribution in [2.75, 3.05) is 32.1 Å². The molecule has 6 nitrogen and oxygen atoms in total. The number of rotatable bonds is 4. The van der Waals surface area contributed by atoms with Crippen molar-refractivity contribution in [1.82, 2.24) is 19.4 Å². The second kappa shape index (κ2) is 7.03. The average Bonchev–Trinajstić information content (AvgIpc) is 3.10. The molecule has 1 aliphatic heterocycles. The number of hydrogen-bond donors (Lipinski definition) is 0. The van der Waals surface area contributed by atoms with Gasteiger partial charge in [0.2, 0.25) is 0 Å².